The van der Waals surface area contributed by atoms with Gasteiger partial charge in [0.1, 0.15) is 0 Å². The van der Waals surface area contributed by atoms with Crippen molar-refractivity contribution in [2.75, 3.05) is 19.8 Å². The van der Waals surface area contributed by atoms with Crippen molar-refractivity contribution in [3.63, 3.8) is 0 Å². The highest BCUT2D eigenvalue weighted by Gasteiger charge is 2.30. The van der Waals surface area contributed by atoms with Gasteiger partial charge in [0.25, 0.3) is 0 Å². The minimum Gasteiger partial charge on any atom is -0.380 e. The summed E-state index contributed by atoms with van der Waals surface area (Å²) in [6.07, 6.45) is 11.1. The van der Waals surface area contributed by atoms with Crippen LogP contribution in [-0.4, -0.2) is 25.8 Å². The fourth-order valence-corrected chi connectivity index (χ4v) is 2.91. The van der Waals surface area contributed by atoms with Gasteiger partial charge in [-0.05, 0) is 50.5 Å². The Morgan fingerprint density at radius 1 is 1.12 bits per heavy atom. The molecule has 0 aromatic heterocycles. The van der Waals surface area contributed by atoms with E-state index in [4.69, 9.17) is 4.74 Å². The fraction of sp³-hybridized carbons (Fsp3) is 1.00. The molecule has 100 valence electrons. The lowest BCUT2D eigenvalue weighted by Gasteiger charge is -2.23. The second-order valence-electron chi connectivity index (χ2n) is 5.94. The molecular weight excluding hydrogens is 210 g/mol. The highest BCUT2D eigenvalue weighted by molar-refractivity contribution is 4.86. The molecule has 2 aliphatic rings. The monoisotopic (exact) mass is 239 g/mol. The van der Waals surface area contributed by atoms with Crippen molar-refractivity contribution in [2.45, 2.75) is 64.3 Å². The molecule has 17 heavy (non-hydrogen) atoms. The summed E-state index contributed by atoms with van der Waals surface area (Å²) in [5.74, 6) is 1.77. The second kappa shape index (κ2) is 7.38. The molecule has 2 fully saturated rings. The maximum Gasteiger partial charge on any atom is 0.0622 e. The summed E-state index contributed by atoms with van der Waals surface area (Å²) in [6, 6.07) is 0.638. The standard InChI is InChI=1S/C15H29NO/c1-2-10-16-15(14-8-9-14)12-17-11-13-6-4-3-5-7-13/h13-16H,2-12H2,1H3. The third-order valence-electron chi connectivity index (χ3n) is 4.22. The minimum absolute atomic E-state index is 0.638. The van der Waals surface area contributed by atoms with Crippen molar-refractivity contribution in [1.82, 2.24) is 5.32 Å². The van der Waals surface area contributed by atoms with Crippen LogP contribution < -0.4 is 5.32 Å². The van der Waals surface area contributed by atoms with Gasteiger partial charge in [0.05, 0.1) is 6.61 Å². The SMILES string of the molecule is CCCNC(COCC1CCCCC1)C1CC1. The van der Waals surface area contributed by atoms with Crippen LogP contribution in [0.25, 0.3) is 0 Å². The van der Waals surface area contributed by atoms with E-state index in [0.717, 1.165) is 31.6 Å². The Balaban J connectivity index is 1.57. The average Bonchev–Trinajstić information content (AvgIpc) is 3.19. The maximum atomic E-state index is 5.97. The summed E-state index contributed by atoms with van der Waals surface area (Å²) in [6.45, 7) is 5.34. The molecule has 0 aromatic rings. The van der Waals surface area contributed by atoms with Gasteiger partial charge in [0.15, 0.2) is 0 Å². The van der Waals surface area contributed by atoms with Crippen molar-refractivity contribution in [1.29, 1.82) is 0 Å². The molecule has 0 heterocycles. The molecule has 0 bridgehead atoms. The smallest absolute Gasteiger partial charge is 0.0622 e. The molecule has 0 amide bonds. The van der Waals surface area contributed by atoms with Gasteiger partial charge in [-0.25, -0.2) is 0 Å². The fourth-order valence-electron chi connectivity index (χ4n) is 2.91. The lowest BCUT2D eigenvalue weighted by Crippen LogP contribution is -2.36. The van der Waals surface area contributed by atoms with Crippen LogP contribution in [0, 0.1) is 11.8 Å². The van der Waals surface area contributed by atoms with Gasteiger partial charge in [-0.3, -0.25) is 0 Å². The normalized spacial score (nSPS) is 23.8. The van der Waals surface area contributed by atoms with Gasteiger partial charge in [-0.1, -0.05) is 26.2 Å². The number of hydrogen-bond acceptors (Lipinski definition) is 2. The Hall–Kier alpha value is -0.0800. The van der Waals surface area contributed by atoms with Crippen molar-refractivity contribution in [3.8, 4) is 0 Å². The van der Waals surface area contributed by atoms with E-state index in [2.05, 4.69) is 12.2 Å². The predicted octanol–water partition coefficient (Wildman–Crippen LogP) is 3.36. The van der Waals surface area contributed by atoms with Crippen LogP contribution in [0.4, 0.5) is 0 Å². The largest absolute Gasteiger partial charge is 0.380 e. The molecule has 0 radical (unpaired) electrons. The molecule has 2 heteroatoms. The summed E-state index contributed by atoms with van der Waals surface area (Å²) in [4.78, 5) is 0. The first kappa shape index (κ1) is 13.4. The molecule has 1 atom stereocenters. The molecule has 0 saturated heterocycles. The van der Waals surface area contributed by atoms with Crippen LogP contribution in [0.2, 0.25) is 0 Å². The van der Waals surface area contributed by atoms with Crippen LogP contribution >= 0.6 is 0 Å². The van der Waals surface area contributed by atoms with E-state index in [0.29, 0.717) is 6.04 Å². The van der Waals surface area contributed by atoms with Crippen molar-refractivity contribution >= 4 is 0 Å². The van der Waals surface area contributed by atoms with E-state index in [1.54, 1.807) is 0 Å². The Labute approximate surface area is 107 Å². The lowest BCUT2D eigenvalue weighted by atomic mass is 9.90. The van der Waals surface area contributed by atoms with Crippen LogP contribution in [0.5, 0.6) is 0 Å². The van der Waals surface area contributed by atoms with E-state index in [1.165, 1.54) is 51.4 Å². The van der Waals surface area contributed by atoms with Crippen LogP contribution in [0.15, 0.2) is 0 Å². The number of nitrogens with one attached hydrogen (secondary N) is 1. The highest BCUT2D eigenvalue weighted by atomic mass is 16.5. The third-order valence-corrected chi connectivity index (χ3v) is 4.22. The topological polar surface area (TPSA) is 21.3 Å². The molecule has 1 N–H and O–H groups in total. The maximum absolute atomic E-state index is 5.97. The average molecular weight is 239 g/mol. The third kappa shape index (κ3) is 4.97. The summed E-state index contributed by atoms with van der Waals surface area (Å²) in [5, 5.41) is 3.64. The summed E-state index contributed by atoms with van der Waals surface area (Å²) >= 11 is 0. The Morgan fingerprint density at radius 3 is 2.53 bits per heavy atom. The van der Waals surface area contributed by atoms with Crippen molar-refractivity contribution in [2.24, 2.45) is 11.8 Å². The zero-order valence-corrected chi connectivity index (χ0v) is 11.4. The molecule has 2 rings (SSSR count). The quantitative estimate of drug-likeness (QED) is 0.701. The lowest BCUT2D eigenvalue weighted by molar-refractivity contribution is 0.0654. The molecule has 0 aliphatic heterocycles. The van der Waals surface area contributed by atoms with Crippen molar-refractivity contribution < 1.29 is 4.74 Å². The van der Waals surface area contributed by atoms with E-state index in [-0.39, 0.29) is 0 Å². The number of rotatable bonds is 8. The molecule has 0 spiro atoms. The van der Waals surface area contributed by atoms with Gasteiger partial charge in [-0.2, -0.15) is 0 Å². The summed E-state index contributed by atoms with van der Waals surface area (Å²) < 4.78 is 5.97. The van der Waals surface area contributed by atoms with Gasteiger partial charge >= 0.3 is 0 Å². The van der Waals surface area contributed by atoms with Gasteiger partial charge in [-0.15, -0.1) is 0 Å². The van der Waals surface area contributed by atoms with Crippen molar-refractivity contribution in [3.05, 3.63) is 0 Å². The zero-order valence-electron chi connectivity index (χ0n) is 11.4. The Bertz CT molecular complexity index is 197. The van der Waals surface area contributed by atoms with Crippen LogP contribution in [0.1, 0.15) is 58.3 Å². The minimum atomic E-state index is 0.638. The summed E-state index contributed by atoms with van der Waals surface area (Å²) in [7, 11) is 0. The van der Waals surface area contributed by atoms with E-state index in [1.807, 2.05) is 0 Å². The number of hydrogen-bond donors (Lipinski definition) is 1. The second-order valence-corrected chi connectivity index (χ2v) is 5.94. The van der Waals surface area contributed by atoms with Crippen LogP contribution in [0.3, 0.4) is 0 Å². The first-order chi connectivity index (χ1) is 8.40. The van der Waals surface area contributed by atoms with E-state index in [9.17, 15) is 0 Å². The van der Waals surface area contributed by atoms with E-state index >= 15 is 0 Å². The molecule has 2 saturated carbocycles. The Kier molecular flexibility index (Phi) is 5.79. The van der Waals surface area contributed by atoms with Gasteiger partial charge in [0.2, 0.25) is 0 Å². The first-order valence-corrected chi connectivity index (χ1v) is 7.71. The molecular formula is C15H29NO. The Morgan fingerprint density at radius 2 is 1.88 bits per heavy atom. The molecule has 2 aliphatic carbocycles. The zero-order chi connectivity index (χ0) is 11.9. The molecule has 2 nitrogen and oxygen atoms in total. The number of ether oxygens (including phenoxy) is 1. The van der Waals surface area contributed by atoms with E-state index < -0.39 is 0 Å². The molecule has 1 unspecified atom stereocenters. The summed E-state index contributed by atoms with van der Waals surface area (Å²) in [5.41, 5.74) is 0. The molecule has 0 aromatic carbocycles. The first-order valence-electron chi connectivity index (χ1n) is 7.71. The van der Waals surface area contributed by atoms with Gasteiger partial charge in [0, 0.05) is 12.6 Å². The predicted molar refractivity (Wildman–Crippen MR) is 72.2 cm³/mol. The van der Waals surface area contributed by atoms with Crippen LogP contribution in [-0.2, 0) is 4.74 Å². The van der Waals surface area contributed by atoms with Gasteiger partial charge < -0.3 is 10.1 Å². The highest BCUT2D eigenvalue weighted by Crippen LogP contribution is 2.33.